The zero-order valence-electron chi connectivity index (χ0n) is 19.2. The van der Waals surface area contributed by atoms with E-state index in [1.807, 2.05) is 26.0 Å². The Kier molecular flexibility index (Phi) is 6.96. The first-order valence-electron chi connectivity index (χ1n) is 11.2. The van der Waals surface area contributed by atoms with Crippen LogP contribution in [0, 0.1) is 6.92 Å². The molecular formula is C26H27N3O5. The van der Waals surface area contributed by atoms with Crippen LogP contribution in [-0.2, 0) is 16.1 Å². The Morgan fingerprint density at radius 2 is 1.79 bits per heavy atom. The van der Waals surface area contributed by atoms with Crippen molar-refractivity contribution in [1.29, 1.82) is 0 Å². The number of furan rings is 1. The summed E-state index contributed by atoms with van der Waals surface area (Å²) in [5.41, 5.74) is 2.06. The van der Waals surface area contributed by atoms with Crippen molar-refractivity contribution in [3.8, 4) is 5.75 Å². The second kappa shape index (κ2) is 10.2. The Labute approximate surface area is 198 Å². The van der Waals surface area contributed by atoms with E-state index in [2.05, 4.69) is 5.32 Å². The zero-order chi connectivity index (χ0) is 24.1. The summed E-state index contributed by atoms with van der Waals surface area (Å²) in [6, 6.07) is 16.1. The van der Waals surface area contributed by atoms with Crippen LogP contribution in [0.4, 0.5) is 16.2 Å². The van der Waals surface area contributed by atoms with E-state index in [1.165, 1.54) is 11.2 Å². The zero-order valence-corrected chi connectivity index (χ0v) is 19.2. The average Bonchev–Trinajstić information content (AvgIpc) is 3.42. The Morgan fingerprint density at radius 3 is 2.44 bits per heavy atom. The Balaban J connectivity index is 1.51. The number of carbonyl (C=O) groups is 3. The summed E-state index contributed by atoms with van der Waals surface area (Å²) >= 11 is 0. The first kappa shape index (κ1) is 23.1. The van der Waals surface area contributed by atoms with Crippen molar-refractivity contribution in [2.75, 3.05) is 16.8 Å². The van der Waals surface area contributed by atoms with Gasteiger partial charge in [-0.15, -0.1) is 0 Å². The van der Waals surface area contributed by atoms with Gasteiger partial charge in [-0.2, -0.15) is 0 Å². The van der Waals surface area contributed by atoms with Crippen molar-refractivity contribution in [3.63, 3.8) is 0 Å². The molecule has 34 heavy (non-hydrogen) atoms. The average molecular weight is 462 g/mol. The molecule has 1 fully saturated rings. The molecular weight excluding hydrogens is 434 g/mol. The molecule has 4 amide bonds. The van der Waals surface area contributed by atoms with Gasteiger partial charge in [-0.05, 0) is 61.9 Å². The van der Waals surface area contributed by atoms with E-state index in [-0.39, 0.29) is 18.9 Å². The Bertz CT molecular complexity index is 1140. The lowest BCUT2D eigenvalue weighted by Crippen LogP contribution is -2.37. The van der Waals surface area contributed by atoms with Crippen LogP contribution in [0.15, 0.2) is 71.3 Å². The molecule has 1 N–H and O–H groups in total. The molecule has 1 saturated heterocycles. The number of anilines is 2. The maximum atomic E-state index is 13.3. The lowest BCUT2D eigenvalue weighted by atomic mass is 10.1. The van der Waals surface area contributed by atoms with Crippen LogP contribution in [-0.4, -0.2) is 35.4 Å². The predicted molar refractivity (Wildman–Crippen MR) is 128 cm³/mol. The quantitative estimate of drug-likeness (QED) is 0.465. The number of benzene rings is 2. The van der Waals surface area contributed by atoms with Crippen LogP contribution < -0.4 is 15.0 Å². The molecule has 2 heterocycles. The van der Waals surface area contributed by atoms with Crippen molar-refractivity contribution in [3.05, 3.63) is 78.3 Å². The number of nitrogens with zero attached hydrogens (tertiary/aromatic N) is 2. The minimum atomic E-state index is -0.953. The van der Waals surface area contributed by atoms with Gasteiger partial charge in [-0.1, -0.05) is 24.6 Å². The van der Waals surface area contributed by atoms with Gasteiger partial charge >= 0.3 is 6.03 Å². The minimum absolute atomic E-state index is 0.0847. The van der Waals surface area contributed by atoms with Crippen molar-refractivity contribution >= 4 is 29.2 Å². The predicted octanol–water partition coefficient (Wildman–Crippen LogP) is 4.74. The van der Waals surface area contributed by atoms with E-state index in [0.29, 0.717) is 23.7 Å². The normalized spacial score (nSPS) is 15.6. The van der Waals surface area contributed by atoms with Crippen molar-refractivity contribution in [1.82, 2.24) is 4.90 Å². The number of carbonyl (C=O) groups excluding carboxylic acids is 3. The largest absolute Gasteiger partial charge is 0.494 e. The summed E-state index contributed by atoms with van der Waals surface area (Å²) < 4.78 is 10.9. The fourth-order valence-electron chi connectivity index (χ4n) is 3.76. The molecule has 176 valence electrons. The van der Waals surface area contributed by atoms with Crippen LogP contribution in [0.25, 0.3) is 0 Å². The first-order valence-corrected chi connectivity index (χ1v) is 11.2. The topological polar surface area (TPSA) is 92.1 Å². The number of nitrogens with one attached hydrogen (secondary N) is 1. The van der Waals surface area contributed by atoms with Gasteiger partial charge in [-0.25, -0.2) is 9.69 Å². The van der Waals surface area contributed by atoms with Crippen molar-refractivity contribution in [2.24, 2.45) is 0 Å². The molecule has 2 aromatic carbocycles. The highest BCUT2D eigenvalue weighted by molar-refractivity contribution is 6.22. The molecule has 1 atom stereocenters. The number of imide groups is 1. The van der Waals surface area contributed by atoms with Crippen LogP contribution in [0.3, 0.4) is 0 Å². The summed E-state index contributed by atoms with van der Waals surface area (Å²) in [5, 5.41) is 2.80. The van der Waals surface area contributed by atoms with E-state index in [1.54, 1.807) is 48.5 Å². The van der Waals surface area contributed by atoms with Gasteiger partial charge in [-0.3, -0.25) is 9.59 Å². The Morgan fingerprint density at radius 1 is 1.06 bits per heavy atom. The highest BCUT2D eigenvalue weighted by atomic mass is 16.5. The van der Waals surface area contributed by atoms with Crippen molar-refractivity contribution in [2.45, 2.75) is 39.3 Å². The lowest BCUT2D eigenvalue weighted by Gasteiger charge is -2.20. The number of hydrogen-bond acceptors (Lipinski definition) is 5. The smallest absolute Gasteiger partial charge is 0.332 e. The molecule has 0 saturated carbocycles. The molecule has 0 bridgehead atoms. The molecule has 8 heteroatoms. The molecule has 0 radical (unpaired) electrons. The van der Waals surface area contributed by atoms with Gasteiger partial charge in [0.15, 0.2) is 0 Å². The second-order valence-electron chi connectivity index (χ2n) is 8.14. The first-order chi connectivity index (χ1) is 16.5. The number of amides is 4. The van der Waals surface area contributed by atoms with E-state index >= 15 is 0 Å². The molecule has 1 aliphatic rings. The number of ether oxygens (including phenoxy) is 1. The SMILES string of the molecule is CCCOc1ccc(NC(=O)CC2C(=O)N(c3ccc(C)cc3)C(=O)N2Cc2ccco2)cc1. The van der Waals surface area contributed by atoms with E-state index in [0.717, 1.165) is 22.6 Å². The van der Waals surface area contributed by atoms with Gasteiger partial charge in [0.05, 0.1) is 31.5 Å². The third-order valence-electron chi connectivity index (χ3n) is 5.51. The number of urea groups is 1. The van der Waals surface area contributed by atoms with Crippen molar-refractivity contribution < 1.29 is 23.5 Å². The Hall–Kier alpha value is -4.07. The number of aryl methyl sites for hydroxylation is 1. The fraction of sp³-hybridized carbons (Fsp3) is 0.269. The van der Waals surface area contributed by atoms with E-state index < -0.39 is 18.0 Å². The third kappa shape index (κ3) is 5.11. The molecule has 1 aliphatic heterocycles. The molecule has 1 unspecified atom stereocenters. The summed E-state index contributed by atoms with van der Waals surface area (Å²) in [5.74, 6) is 0.428. The maximum Gasteiger partial charge on any atom is 0.332 e. The van der Waals surface area contributed by atoms with Crippen LogP contribution >= 0.6 is 0 Å². The van der Waals surface area contributed by atoms with Crippen LogP contribution in [0.1, 0.15) is 31.1 Å². The summed E-state index contributed by atoms with van der Waals surface area (Å²) in [6.07, 6.45) is 2.23. The number of hydrogen-bond donors (Lipinski definition) is 1. The van der Waals surface area contributed by atoms with Gasteiger partial charge in [0.2, 0.25) is 5.91 Å². The molecule has 1 aromatic heterocycles. The van der Waals surface area contributed by atoms with E-state index in [9.17, 15) is 14.4 Å². The molecule has 0 aliphatic carbocycles. The van der Waals surface area contributed by atoms with Gasteiger partial charge in [0.1, 0.15) is 17.6 Å². The fourth-order valence-corrected chi connectivity index (χ4v) is 3.76. The van der Waals surface area contributed by atoms with E-state index in [4.69, 9.17) is 9.15 Å². The highest BCUT2D eigenvalue weighted by Crippen LogP contribution is 2.29. The third-order valence-corrected chi connectivity index (χ3v) is 5.51. The standard InChI is InChI=1S/C26H27N3O5/c1-3-14-33-21-12-8-19(9-13-21)27-24(30)16-23-25(31)29(20-10-6-18(2)7-11-20)26(32)28(23)17-22-5-4-15-34-22/h4-13,15,23H,3,14,16-17H2,1-2H3,(H,27,30). The van der Waals surface area contributed by atoms with Gasteiger partial charge in [0.25, 0.3) is 5.91 Å². The molecule has 0 spiro atoms. The highest BCUT2D eigenvalue weighted by Gasteiger charge is 2.47. The monoisotopic (exact) mass is 461 g/mol. The van der Waals surface area contributed by atoms with Crippen LogP contribution in [0.5, 0.6) is 5.75 Å². The summed E-state index contributed by atoms with van der Waals surface area (Å²) in [6.45, 7) is 4.66. The summed E-state index contributed by atoms with van der Waals surface area (Å²) in [4.78, 5) is 41.9. The van der Waals surface area contributed by atoms with Gasteiger partial charge in [0, 0.05) is 5.69 Å². The second-order valence-corrected chi connectivity index (χ2v) is 8.14. The molecule has 8 nitrogen and oxygen atoms in total. The van der Waals surface area contributed by atoms with Crippen LogP contribution in [0.2, 0.25) is 0 Å². The lowest BCUT2D eigenvalue weighted by molar-refractivity contribution is -0.124. The van der Waals surface area contributed by atoms with Gasteiger partial charge < -0.3 is 19.4 Å². The molecule has 3 aromatic rings. The molecule has 4 rings (SSSR count). The number of rotatable bonds is 9. The maximum absolute atomic E-state index is 13.3. The minimum Gasteiger partial charge on any atom is -0.494 e. The summed E-state index contributed by atoms with van der Waals surface area (Å²) in [7, 11) is 0.